The van der Waals surface area contributed by atoms with Crippen molar-refractivity contribution in [3.8, 4) is 17.0 Å². The quantitative estimate of drug-likeness (QED) is 0.394. The molecule has 5 rings (SSSR count). The second kappa shape index (κ2) is 9.23. The van der Waals surface area contributed by atoms with Gasteiger partial charge in [-0.1, -0.05) is 18.2 Å². The number of aryl methyl sites for hydroxylation is 1. The fourth-order valence-electron chi connectivity index (χ4n) is 4.57. The van der Waals surface area contributed by atoms with Crippen LogP contribution in [0.2, 0.25) is 0 Å². The number of aromatic hydroxyl groups is 1. The summed E-state index contributed by atoms with van der Waals surface area (Å²) in [6.07, 6.45) is -3.88. The first-order valence-corrected chi connectivity index (χ1v) is 11.6. The minimum atomic E-state index is -5.17. The Morgan fingerprint density at radius 1 is 1.11 bits per heavy atom. The summed E-state index contributed by atoms with van der Waals surface area (Å²) in [5, 5.41) is 13.9. The monoisotopic (exact) mass is 532 g/mol. The summed E-state index contributed by atoms with van der Waals surface area (Å²) in [6.45, 7) is 3.15. The Balaban J connectivity index is 1.47. The number of benzene rings is 2. The van der Waals surface area contributed by atoms with Crippen LogP contribution < -0.4 is 4.90 Å². The number of alkyl halides is 3. The highest BCUT2D eigenvalue weighted by atomic mass is 19.4. The zero-order chi connectivity index (χ0) is 27.4. The zero-order valence-electron chi connectivity index (χ0n) is 20.2. The first-order chi connectivity index (χ1) is 18.0. The average molecular weight is 532 g/mol. The van der Waals surface area contributed by atoms with Crippen LogP contribution in [0.25, 0.3) is 22.3 Å². The smallest absolute Gasteiger partial charge is 0.419 e. The molecule has 1 unspecified atom stereocenters. The van der Waals surface area contributed by atoms with E-state index in [1.165, 1.54) is 17.9 Å². The summed E-state index contributed by atoms with van der Waals surface area (Å²) < 4.78 is 69.8. The Labute approximate surface area is 212 Å². The SMILES string of the molecule is CC1CN(C(=O)c2ccccc2)CCN1c1ncc2c(-c3cc(C(F)(F)F)c(F)c(O)c3F)nn(C)c2n1. The molecule has 1 fully saturated rings. The Morgan fingerprint density at radius 2 is 1.82 bits per heavy atom. The first-order valence-electron chi connectivity index (χ1n) is 11.6. The van der Waals surface area contributed by atoms with Crippen molar-refractivity contribution in [2.24, 2.45) is 7.05 Å². The summed E-state index contributed by atoms with van der Waals surface area (Å²) in [5.74, 6) is -5.22. The minimum Gasteiger partial charge on any atom is -0.503 e. The van der Waals surface area contributed by atoms with Crippen molar-refractivity contribution in [2.45, 2.75) is 19.1 Å². The molecule has 0 radical (unpaired) electrons. The highest BCUT2D eigenvalue weighted by Gasteiger charge is 2.38. The Bertz CT molecular complexity index is 1540. The molecule has 1 atom stereocenters. The third-order valence-electron chi connectivity index (χ3n) is 6.50. The largest absolute Gasteiger partial charge is 0.503 e. The van der Waals surface area contributed by atoms with Crippen molar-refractivity contribution in [3.05, 3.63) is 65.4 Å². The lowest BCUT2D eigenvalue weighted by Gasteiger charge is -2.39. The summed E-state index contributed by atoms with van der Waals surface area (Å²) in [6, 6.07) is 9.02. The van der Waals surface area contributed by atoms with Crippen molar-refractivity contribution in [1.82, 2.24) is 24.6 Å². The molecule has 2 aromatic heterocycles. The lowest BCUT2D eigenvalue weighted by Crippen LogP contribution is -2.54. The fourth-order valence-corrected chi connectivity index (χ4v) is 4.57. The Morgan fingerprint density at radius 3 is 2.47 bits per heavy atom. The van der Waals surface area contributed by atoms with Gasteiger partial charge in [0.1, 0.15) is 5.69 Å². The average Bonchev–Trinajstić information content (AvgIpc) is 3.22. The first kappa shape index (κ1) is 25.4. The van der Waals surface area contributed by atoms with Crippen LogP contribution in [0.5, 0.6) is 5.75 Å². The number of carbonyl (C=O) groups is 1. The van der Waals surface area contributed by atoms with Crippen LogP contribution in [0.15, 0.2) is 42.6 Å². The van der Waals surface area contributed by atoms with Crippen molar-refractivity contribution >= 4 is 22.9 Å². The van der Waals surface area contributed by atoms with Gasteiger partial charge in [-0.2, -0.15) is 23.3 Å². The highest BCUT2D eigenvalue weighted by molar-refractivity contribution is 5.94. The van der Waals surface area contributed by atoms with Crippen LogP contribution in [0, 0.1) is 11.6 Å². The van der Waals surface area contributed by atoms with Gasteiger partial charge in [-0.15, -0.1) is 0 Å². The third-order valence-corrected chi connectivity index (χ3v) is 6.50. The summed E-state index contributed by atoms with van der Waals surface area (Å²) in [7, 11) is 1.47. The number of halogens is 5. The number of anilines is 1. The van der Waals surface area contributed by atoms with E-state index in [0.717, 1.165) is 0 Å². The molecule has 1 amide bonds. The van der Waals surface area contributed by atoms with E-state index in [9.17, 15) is 31.9 Å². The second-order valence-corrected chi connectivity index (χ2v) is 8.99. The summed E-state index contributed by atoms with van der Waals surface area (Å²) in [5.41, 5.74) is -2.06. The highest BCUT2D eigenvalue weighted by Crippen LogP contribution is 2.41. The van der Waals surface area contributed by atoms with Gasteiger partial charge in [0.25, 0.3) is 5.91 Å². The molecule has 38 heavy (non-hydrogen) atoms. The molecule has 0 aliphatic carbocycles. The number of nitrogens with zero attached hydrogens (tertiary/aromatic N) is 6. The van der Waals surface area contributed by atoms with E-state index in [2.05, 4.69) is 15.1 Å². The van der Waals surface area contributed by atoms with Gasteiger partial charge in [-0.25, -0.2) is 18.4 Å². The van der Waals surface area contributed by atoms with Crippen molar-refractivity contribution in [2.75, 3.05) is 24.5 Å². The number of hydrogen-bond acceptors (Lipinski definition) is 6. The fraction of sp³-hybridized carbons (Fsp3) is 0.280. The molecule has 0 bridgehead atoms. The number of carbonyl (C=O) groups excluding carboxylic acids is 1. The topological polar surface area (TPSA) is 87.4 Å². The van der Waals surface area contributed by atoms with Crippen molar-refractivity contribution < 1.29 is 31.9 Å². The molecular formula is C25H21F5N6O2. The van der Waals surface area contributed by atoms with Crippen LogP contribution in [0.3, 0.4) is 0 Å². The van der Waals surface area contributed by atoms with E-state index in [0.29, 0.717) is 31.1 Å². The van der Waals surface area contributed by atoms with Gasteiger partial charge in [0.05, 0.1) is 10.9 Å². The summed E-state index contributed by atoms with van der Waals surface area (Å²) in [4.78, 5) is 25.3. The van der Waals surface area contributed by atoms with Gasteiger partial charge in [-0.05, 0) is 25.1 Å². The number of rotatable bonds is 3. The van der Waals surface area contributed by atoms with Crippen molar-refractivity contribution in [1.29, 1.82) is 0 Å². The maximum atomic E-state index is 14.7. The van der Waals surface area contributed by atoms with E-state index in [1.807, 2.05) is 17.9 Å². The molecule has 0 spiro atoms. The predicted octanol–water partition coefficient (Wildman–Crippen LogP) is 4.38. The maximum Gasteiger partial charge on any atom is 0.419 e. The Kier molecular flexibility index (Phi) is 6.16. The van der Waals surface area contributed by atoms with E-state index in [-0.39, 0.29) is 34.7 Å². The maximum absolute atomic E-state index is 14.7. The van der Waals surface area contributed by atoms with Gasteiger partial charge in [0.2, 0.25) is 5.95 Å². The minimum absolute atomic E-state index is 0.0902. The van der Waals surface area contributed by atoms with E-state index < -0.39 is 34.7 Å². The lowest BCUT2D eigenvalue weighted by atomic mass is 10.0. The van der Waals surface area contributed by atoms with Gasteiger partial charge in [-0.3, -0.25) is 4.79 Å². The molecule has 1 aliphatic rings. The molecule has 1 saturated heterocycles. The second-order valence-electron chi connectivity index (χ2n) is 8.99. The number of phenols is 1. The molecule has 13 heteroatoms. The number of phenolic OH excluding ortho intramolecular Hbond substituents is 1. The molecule has 2 aromatic carbocycles. The van der Waals surface area contributed by atoms with Crippen molar-refractivity contribution in [3.63, 3.8) is 0 Å². The standard InChI is InChI=1S/C25H21F5N6O2/c1-13-12-35(23(38)14-6-4-3-5-7-14)8-9-36(13)24-31-11-16-20(33-34(2)22(16)32-24)15-10-17(25(28,29)30)19(27)21(37)18(15)26/h3-7,10-11,13,37H,8-9,12H2,1-2H3. The van der Waals surface area contributed by atoms with E-state index >= 15 is 0 Å². The predicted molar refractivity (Wildman–Crippen MR) is 127 cm³/mol. The molecular weight excluding hydrogens is 511 g/mol. The van der Waals surface area contributed by atoms with Gasteiger partial charge < -0.3 is 14.9 Å². The number of fused-ring (bicyclic) bond motifs is 1. The van der Waals surface area contributed by atoms with Gasteiger partial charge >= 0.3 is 6.18 Å². The van der Waals surface area contributed by atoms with Crippen LogP contribution in [0.4, 0.5) is 27.9 Å². The van der Waals surface area contributed by atoms with E-state index in [4.69, 9.17) is 0 Å². The molecule has 8 nitrogen and oxygen atoms in total. The van der Waals surface area contributed by atoms with Crippen LogP contribution in [0.1, 0.15) is 22.8 Å². The number of aromatic nitrogens is 4. The number of piperazine rings is 1. The molecule has 1 aliphatic heterocycles. The number of amides is 1. The van der Waals surface area contributed by atoms with E-state index in [1.54, 1.807) is 29.2 Å². The molecule has 4 aromatic rings. The van der Waals surface area contributed by atoms with Crippen LogP contribution in [-0.4, -0.2) is 61.3 Å². The third kappa shape index (κ3) is 4.27. The normalized spacial score (nSPS) is 16.3. The molecule has 0 saturated carbocycles. The number of hydrogen-bond donors (Lipinski definition) is 1. The zero-order valence-corrected chi connectivity index (χ0v) is 20.2. The van der Waals surface area contributed by atoms with Crippen LogP contribution >= 0.6 is 0 Å². The molecule has 198 valence electrons. The Hall–Kier alpha value is -4.29. The molecule has 3 heterocycles. The van der Waals surface area contributed by atoms with Crippen LogP contribution in [-0.2, 0) is 13.2 Å². The lowest BCUT2D eigenvalue weighted by molar-refractivity contribution is -0.140. The molecule has 1 N–H and O–H groups in total. The summed E-state index contributed by atoms with van der Waals surface area (Å²) >= 11 is 0. The van der Waals surface area contributed by atoms with Gasteiger partial charge in [0, 0.05) is 50.0 Å². The van der Waals surface area contributed by atoms with Gasteiger partial charge in [0.15, 0.2) is 23.0 Å².